The number of aromatic amines is 1. The van der Waals surface area contributed by atoms with Gasteiger partial charge in [0, 0.05) is 11.1 Å². The molecule has 0 amide bonds. The number of oxime groups is 2. The predicted molar refractivity (Wildman–Crippen MR) is 83.5 cm³/mol. The minimum Gasteiger partial charge on any atom is -0.399 e. The van der Waals surface area contributed by atoms with Crippen LogP contribution in [0.2, 0.25) is 0 Å². The molecule has 0 spiro atoms. The Labute approximate surface area is 128 Å². The van der Waals surface area contributed by atoms with Crippen molar-refractivity contribution >= 4 is 17.4 Å². The normalized spacial score (nSPS) is 11.1. The van der Waals surface area contributed by atoms with Crippen molar-refractivity contribution in [3.05, 3.63) is 41.2 Å². The lowest BCUT2D eigenvalue weighted by Crippen LogP contribution is -2.10. The van der Waals surface area contributed by atoms with Gasteiger partial charge in [-0.3, -0.25) is 5.10 Å². The van der Waals surface area contributed by atoms with E-state index in [4.69, 9.17) is 15.4 Å². The monoisotopic (exact) mass is 302 g/mol. The van der Waals surface area contributed by atoms with E-state index >= 15 is 0 Å². The summed E-state index contributed by atoms with van der Waals surface area (Å²) < 4.78 is 0. The van der Waals surface area contributed by atoms with Gasteiger partial charge in [-0.15, -0.1) is 5.10 Å². The fourth-order valence-electron chi connectivity index (χ4n) is 1.80. The first-order valence-electron chi connectivity index (χ1n) is 6.62. The SMILES string of the molecule is CO/N=C(/c1nc(N)n[nH]1)c1ccccc1CON=C(C)C. The first-order chi connectivity index (χ1) is 10.6. The highest BCUT2D eigenvalue weighted by molar-refractivity contribution is 6.11. The van der Waals surface area contributed by atoms with E-state index in [-0.39, 0.29) is 5.95 Å². The summed E-state index contributed by atoms with van der Waals surface area (Å²) in [6, 6.07) is 7.60. The van der Waals surface area contributed by atoms with E-state index in [9.17, 15) is 0 Å². The Bertz CT molecular complexity index is 688. The first-order valence-corrected chi connectivity index (χ1v) is 6.62. The van der Waals surface area contributed by atoms with Crippen LogP contribution in [-0.2, 0) is 16.3 Å². The largest absolute Gasteiger partial charge is 0.399 e. The van der Waals surface area contributed by atoms with E-state index in [0.717, 1.165) is 16.8 Å². The number of nitrogens with two attached hydrogens (primary N) is 1. The van der Waals surface area contributed by atoms with Gasteiger partial charge in [-0.05, 0) is 13.8 Å². The van der Waals surface area contributed by atoms with E-state index in [2.05, 4.69) is 25.5 Å². The molecule has 3 N–H and O–H groups in total. The predicted octanol–water partition coefficient (Wildman–Crippen LogP) is 1.70. The molecule has 0 aliphatic rings. The van der Waals surface area contributed by atoms with Crippen molar-refractivity contribution in [1.29, 1.82) is 0 Å². The Balaban J connectivity index is 2.36. The quantitative estimate of drug-likeness (QED) is 0.623. The molecule has 0 saturated carbocycles. The lowest BCUT2D eigenvalue weighted by Gasteiger charge is -2.09. The number of aromatic nitrogens is 3. The van der Waals surface area contributed by atoms with Crippen molar-refractivity contribution < 1.29 is 9.68 Å². The lowest BCUT2D eigenvalue weighted by atomic mass is 10.0. The number of anilines is 1. The average molecular weight is 302 g/mol. The fraction of sp³-hybridized carbons (Fsp3) is 0.286. The molecule has 8 nitrogen and oxygen atoms in total. The van der Waals surface area contributed by atoms with E-state index in [1.807, 2.05) is 38.1 Å². The van der Waals surface area contributed by atoms with Crippen LogP contribution in [0.15, 0.2) is 34.6 Å². The van der Waals surface area contributed by atoms with Crippen LogP contribution in [0, 0.1) is 0 Å². The van der Waals surface area contributed by atoms with Crippen LogP contribution in [0.25, 0.3) is 0 Å². The maximum absolute atomic E-state index is 5.55. The summed E-state index contributed by atoms with van der Waals surface area (Å²) in [4.78, 5) is 14.3. The standard InChI is InChI=1S/C14H18N6O2/c1-9(2)19-22-8-10-6-4-5-7-11(10)12(20-21-3)13-16-14(15)18-17-13/h4-7H,8H2,1-3H3,(H3,15,16,17,18)/b20-12+. The van der Waals surface area contributed by atoms with E-state index in [1.165, 1.54) is 7.11 Å². The molecule has 1 heterocycles. The smallest absolute Gasteiger partial charge is 0.239 e. The molecule has 0 atom stereocenters. The second-order valence-electron chi connectivity index (χ2n) is 4.63. The van der Waals surface area contributed by atoms with Crippen LogP contribution < -0.4 is 5.73 Å². The summed E-state index contributed by atoms with van der Waals surface area (Å²) in [5.74, 6) is 0.556. The maximum atomic E-state index is 5.55. The molecule has 2 rings (SSSR count). The number of hydrogen-bond acceptors (Lipinski definition) is 7. The van der Waals surface area contributed by atoms with Crippen molar-refractivity contribution in [3.63, 3.8) is 0 Å². The first kappa shape index (κ1) is 15.5. The molecule has 116 valence electrons. The molecule has 22 heavy (non-hydrogen) atoms. The van der Waals surface area contributed by atoms with Gasteiger partial charge in [0.15, 0.2) is 11.5 Å². The van der Waals surface area contributed by atoms with Gasteiger partial charge in [-0.2, -0.15) is 4.98 Å². The van der Waals surface area contributed by atoms with Gasteiger partial charge in [-0.25, -0.2) is 0 Å². The molecule has 0 aliphatic carbocycles. The summed E-state index contributed by atoms with van der Waals surface area (Å²) in [7, 11) is 1.46. The van der Waals surface area contributed by atoms with Crippen LogP contribution in [0.1, 0.15) is 30.8 Å². The van der Waals surface area contributed by atoms with Crippen molar-refractivity contribution in [1.82, 2.24) is 15.2 Å². The number of hydrogen-bond donors (Lipinski definition) is 2. The van der Waals surface area contributed by atoms with Crippen molar-refractivity contribution in [2.75, 3.05) is 12.8 Å². The molecule has 0 radical (unpaired) electrons. The third-order valence-corrected chi connectivity index (χ3v) is 2.65. The second-order valence-corrected chi connectivity index (χ2v) is 4.63. The van der Waals surface area contributed by atoms with Crippen molar-refractivity contribution in [2.24, 2.45) is 10.3 Å². The minimum atomic E-state index is 0.138. The van der Waals surface area contributed by atoms with Crippen LogP contribution in [0.3, 0.4) is 0 Å². The number of nitrogens with one attached hydrogen (secondary N) is 1. The van der Waals surface area contributed by atoms with Crippen LogP contribution >= 0.6 is 0 Å². The second kappa shape index (κ2) is 7.21. The van der Waals surface area contributed by atoms with Gasteiger partial charge in [0.1, 0.15) is 13.7 Å². The van der Waals surface area contributed by atoms with Crippen molar-refractivity contribution in [2.45, 2.75) is 20.5 Å². The number of nitrogen functional groups attached to an aromatic ring is 1. The zero-order chi connectivity index (χ0) is 15.9. The average Bonchev–Trinajstić information content (AvgIpc) is 2.91. The molecule has 8 heteroatoms. The van der Waals surface area contributed by atoms with Gasteiger partial charge in [0.25, 0.3) is 0 Å². The van der Waals surface area contributed by atoms with E-state index in [0.29, 0.717) is 18.1 Å². The summed E-state index contributed by atoms with van der Waals surface area (Å²) in [5.41, 5.74) is 8.56. The van der Waals surface area contributed by atoms with Crippen LogP contribution in [0.4, 0.5) is 5.95 Å². The Morgan fingerprint density at radius 1 is 1.27 bits per heavy atom. The highest BCUT2D eigenvalue weighted by atomic mass is 16.6. The molecule has 0 fully saturated rings. The van der Waals surface area contributed by atoms with Gasteiger partial charge >= 0.3 is 0 Å². The maximum Gasteiger partial charge on any atom is 0.239 e. The zero-order valence-corrected chi connectivity index (χ0v) is 12.7. The Hall–Kier alpha value is -2.90. The Morgan fingerprint density at radius 2 is 2.05 bits per heavy atom. The van der Waals surface area contributed by atoms with Gasteiger partial charge in [-0.1, -0.05) is 34.6 Å². The highest BCUT2D eigenvalue weighted by Gasteiger charge is 2.16. The molecule has 1 aromatic carbocycles. The molecule has 0 aliphatic heterocycles. The molecule has 0 unspecified atom stereocenters. The van der Waals surface area contributed by atoms with E-state index < -0.39 is 0 Å². The van der Waals surface area contributed by atoms with Gasteiger partial charge in [0.2, 0.25) is 5.95 Å². The fourth-order valence-corrected chi connectivity index (χ4v) is 1.80. The van der Waals surface area contributed by atoms with Crippen LogP contribution in [0.5, 0.6) is 0 Å². The summed E-state index contributed by atoms with van der Waals surface area (Å²) >= 11 is 0. The molecule has 0 saturated heterocycles. The van der Waals surface area contributed by atoms with Gasteiger partial charge < -0.3 is 15.4 Å². The number of nitrogens with zero attached hydrogens (tertiary/aromatic N) is 4. The Morgan fingerprint density at radius 3 is 2.68 bits per heavy atom. The third kappa shape index (κ3) is 3.81. The van der Waals surface area contributed by atoms with Crippen molar-refractivity contribution in [3.8, 4) is 0 Å². The molecule has 1 aromatic heterocycles. The molecular formula is C14H18N6O2. The molecule has 2 aromatic rings. The molecule has 0 bridgehead atoms. The third-order valence-electron chi connectivity index (χ3n) is 2.65. The summed E-state index contributed by atoms with van der Waals surface area (Å²) in [5, 5.41) is 14.5. The lowest BCUT2D eigenvalue weighted by molar-refractivity contribution is 0.130. The van der Waals surface area contributed by atoms with Crippen LogP contribution in [-0.4, -0.2) is 33.7 Å². The summed E-state index contributed by atoms with van der Waals surface area (Å²) in [6.07, 6.45) is 0. The highest BCUT2D eigenvalue weighted by Crippen LogP contribution is 2.15. The number of rotatable bonds is 6. The zero-order valence-electron chi connectivity index (χ0n) is 12.7. The number of benzene rings is 1. The minimum absolute atomic E-state index is 0.138. The van der Waals surface area contributed by atoms with E-state index in [1.54, 1.807) is 0 Å². The summed E-state index contributed by atoms with van der Waals surface area (Å²) in [6.45, 7) is 4.02. The molecular weight excluding hydrogens is 284 g/mol. The Kier molecular flexibility index (Phi) is 5.07. The number of H-pyrrole nitrogens is 1. The van der Waals surface area contributed by atoms with Gasteiger partial charge in [0.05, 0.1) is 5.71 Å². The topological polar surface area (TPSA) is 111 Å².